The molecular weight excluding hydrogens is 258 g/mol. The highest BCUT2D eigenvalue weighted by Crippen LogP contribution is 2.20. The molecule has 1 fully saturated rings. The molecule has 0 saturated carbocycles. The molecule has 2 atom stereocenters. The van der Waals surface area contributed by atoms with E-state index in [2.05, 4.69) is 4.74 Å². The summed E-state index contributed by atoms with van der Waals surface area (Å²) in [4.78, 5) is 24.8. The molecule has 1 N–H and O–H groups in total. The van der Waals surface area contributed by atoms with E-state index in [0.29, 0.717) is 6.61 Å². The molecule has 1 saturated heterocycles. The maximum atomic E-state index is 11.9. The van der Waals surface area contributed by atoms with Crippen LogP contribution in [0, 0.1) is 0 Å². The molecule has 6 nitrogen and oxygen atoms in total. The third-order valence-electron chi connectivity index (χ3n) is 2.73. The first-order chi connectivity index (χ1) is 8.60. The molecule has 0 aromatic heterocycles. The van der Waals surface area contributed by atoms with E-state index in [1.54, 1.807) is 7.11 Å². The first kappa shape index (κ1) is 15.3. The minimum absolute atomic E-state index is 0.150. The predicted octanol–water partition coefficient (Wildman–Crippen LogP) is -0.499. The summed E-state index contributed by atoms with van der Waals surface area (Å²) in [5.74, 6) is 0.385. The molecule has 0 spiro atoms. The number of ether oxygens (including phenoxy) is 2. The molecule has 1 heterocycles. The number of esters is 1. The number of aliphatic hydroxyl groups is 1. The molecular formula is C11H19NO5S. The van der Waals surface area contributed by atoms with Crippen molar-refractivity contribution in [3.63, 3.8) is 0 Å². The van der Waals surface area contributed by atoms with Crippen molar-refractivity contribution in [1.82, 2.24) is 4.90 Å². The molecule has 0 radical (unpaired) electrons. The lowest BCUT2D eigenvalue weighted by Gasteiger charge is -2.22. The van der Waals surface area contributed by atoms with E-state index in [9.17, 15) is 14.7 Å². The summed E-state index contributed by atoms with van der Waals surface area (Å²) >= 11 is 1.45. The lowest BCUT2D eigenvalue weighted by molar-refractivity contribution is -0.150. The number of rotatable bonds is 6. The number of carbonyl (C=O) groups excluding carboxylic acids is 2. The summed E-state index contributed by atoms with van der Waals surface area (Å²) in [6, 6.07) is -0.652. The van der Waals surface area contributed by atoms with E-state index in [1.165, 1.54) is 23.8 Å². The van der Waals surface area contributed by atoms with Gasteiger partial charge in [0.1, 0.15) is 6.04 Å². The first-order valence-electron chi connectivity index (χ1n) is 5.72. The van der Waals surface area contributed by atoms with Crippen LogP contribution in [0.4, 0.5) is 0 Å². The Kier molecular flexibility index (Phi) is 6.45. The molecule has 104 valence electrons. The molecule has 0 aromatic carbocycles. The van der Waals surface area contributed by atoms with E-state index < -0.39 is 18.1 Å². The molecule has 0 aromatic rings. The van der Waals surface area contributed by atoms with Crippen LogP contribution in [0.15, 0.2) is 0 Å². The van der Waals surface area contributed by atoms with Crippen molar-refractivity contribution in [2.45, 2.75) is 18.6 Å². The molecule has 0 aliphatic carbocycles. The van der Waals surface area contributed by atoms with Gasteiger partial charge in [0.05, 0.1) is 25.6 Å². The van der Waals surface area contributed by atoms with Gasteiger partial charge in [0.2, 0.25) is 5.91 Å². The molecule has 0 bridgehead atoms. The maximum absolute atomic E-state index is 11.9. The van der Waals surface area contributed by atoms with Crippen LogP contribution in [0.3, 0.4) is 0 Å². The highest BCUT2D eigenvalue weighted by Gasteiger charge is 2.39. The zero-order valence-electron chi connectivity index (χ0n) is 10.6. The van der Waals surface area contributed by atoms with Gasteiger partial charge in [0, 0.05) is 25.8 Å². The van der Waals surface area contributed by atoms with Crippen molar-refractivity contribution in [2.75, 3.05) is 38.9 Å². The number of β-amino-alcohol motifs (C(OH)–C–C–N with tert-alkyl or cyclic N) is 1. The Bertz CT molecular complexity index is 299. The van der Waals surface area contributed by atoms with Gasteiger partial charge in [-0.15, -0.1) is 11.8 Å². The van der Waals surface area contributed by atoms with Crippen LogP contribution in [0.2, 0.25) is 0 Å². The normalized spacial score (nSPS) is 23.2. The topological polar surface area (TPSA) is 76.1 Å². The average molecular weight is 277 g/mol. The SMILES string of the molecule is COCCSCC(=O)N1CC(O)CC1C(=O)OC. The fourth-order valence-electron chi connectivity index (χ4n) is 1.83. The van der Waals surface area contributed by atoms with Gasteiger partial charge >= 0.3 is 5.97 Å². The minimum atomic E-state index is -0.652. The van der Waals surface area contributed by atoms with Gasteiger partial charge in [-0.2, -0.15) is 0 Å². The van der Waals surface area contributed by atoms with Crippen molar-refractivity contribution < 1.29 is 24.2 Å². The van der Waals surface area contributed by atoms with Gasteiger partial charge < -0.3 is 19.5 Å². The summed E-state index contributed by atoms with van der Waals surface area (Å²) in [6.45, 7) is 0.782. The number of thioether (sulfide) groups is 1. The number of aliphatic hydroxyl groups excluding tert-OH is 1. The second-order valence-electron chi connectivity index (χ2n) is 4.02. The maximum Gasteiger partial charge on any atom is 0.328 e. The van der Waals surface area contributed by atoms with E-state index in [1.807, 2.05) is 0 Å². The summed E-state index contributed by atoms with van der Waals surface area (Å²) < 4.78 is 9.52. The zero-order valence-corrected chi connectivity index (χ0v) is 11.4. The van der Waals surface area contributed by atoms with E-state index in [0.717, 1.165) is 5.75 Å². The Morgan fingerprint density at radius 2 is 2.17 bits per heavy atom. The van der Waals surface area contributed by atoms with E-state index in [4.69, 9.17) is 4.74 Å². The van der Waals surface area contributed by atoms with Crippen molar-refractivity contribution in [3.05, 3.63) is 0 Å². The number of likely N-dealkylation sites (tertiary alicyclic amines) is 1. The lowest BCUT2D eigenvalue weighted by atomic mass is 10.2. The Morgan fingerprint density at radius 1 is 1.44 bits per heavy atom. The van der Waals surface area contributed by atoms with Crippen LogP contribution in [-0.4, -0.2) is 72.9 Å². The highest BCUT2D eigenvalue weighted by atomic mass is 32.2. The lowest BCUT2D eigenvalue weighted by Crippen LogP contribution is -2.42. The number of hydrogen-bond acceptors (Lipinski definition) is 6. The molecule has 1 amide bonds. The predicted molar refractivity (Wildman–Crippen MR) is 67.3 cm³/mol. The van der Waals surface area contributed by atoms with Crippen molar-refractivity contribution in [1.29, 1.82) is 0 Å². The highest BCUT2D eigenvalue weighted by molar-refractivity contribution is 7.99. The summed E-state index contributed by atoms with van der Waals surface area (Å²) in [6.07, 6.45) is -0.400. The molecule has 1 rings (SSSR count). The van der Waals surface area contributed by atoms with Crippen LogP contribution in [0.1, 0.15) is 6.42 Å². The third kappa shape index (κ3) is 4.15. The van der Waals surface area contributed by atoms with Gasteiger partial charge in [-0.3, -0.25) is 4.79 Å². The largest absolute Gasteiger partial charge is 0.467 e. The van der Waals surface area contributed by atoms with Crippen molar-refractivity contribution in [2.24, 2.45) is 0 Å². The van der Waals surface area contributed by atoms with Crippen LogP contribution in [-0.2, 0) is 19.1 Å². The van der Waals surface area contributed by atoms with Crippen LogP contribution in [0.5, 0.6) is 0 Å². The third-order valence-corrected chi connectivity index (χ3v) is 3.64. The first-order valence-corrected chi connectivity index (χ1v) is 6.87. The molecule has 1 aliphatic rings. The van der Waals surface area contributed by atoms with Crippen molar-refractivity contribution >= 4 is 23.6 Å². The minimum Gasteiger partial charge on any atom is -0.467 e. The smallest absolute Gasteiger partial charge is 0.328 e. The van der Waals surface area contributed by atoms with Gasteiger partial charge in [-0.05, 0) is 0 Å². The monoisotopic (exact) mass is 277 g/mol. The Morgan fingerprint density at radius 3 is 2.78 bits per heavy atom. The summed E-state index contributed by atoms with van der Waals surface area (Å²) in [5, 5.41) is 9.54. The van der Waals surface area contributed by atoms with E-state index >= 15 is 0 Å². The fourth-order valence-corrected chi connectivity index (χ4v) is 2.60. The molecule has 2 unspecified atom stereocenters. The number of amides is 1. The Hall–Kier alpha value is -0.790. The van der Waals surface area contributed by atoms with Crippen LogP contribution >= 0.6 is 11.8 Å². The summed E-state index contributed by atoms with van der Waals surface area (Å²) in [5.41, 5.74) is 0. The van der Waals surface area contributed by atoms with E-state index in [-0.39, 0.29) is 24.6 Å². The zero-order chi connectivity index (χ0) is 13.5. The summed E-state index contributed by atoms with van der Waals surface area (Å²) in [7, 11) is 2.88. The Balaban J connectivity index is 2.46. The second-order valence-corrected chi connectivity index (χ2v) is 5.13. The Labute approximate surface area is 111 Å². The molecule has 7 heteroatoms. The van der Waals surface area contributed by atoms with Gasteiger partial charge in [0.15, 0.2) is 0 Å². The van der Waals surface area contributed by atoms with Crippen molar-refractivity contribution in [3.8, 4) is 0 Å². The number of methoxy groups -OCH3 is 2. The average Bonchev–Trinajstić information content (AvgIpc) is 2.75. The quantitative estimate of drug-likeness (QED) is 0.521. The standard InChI is InChI=1S/C11H19NO5S/c1-16-3-4-18-7-10(14)12-6-8(13)5-9(12)11(15)17-2/h8-9,13H,3-7H2,1-2H3. The molecule has 18 heavy (non-hydrogen) atoms. The van der Waals surface area contributed by atoms with Gasteiger partial charge in [0.25, 0.3) is 0 Å². The van der Waals surface area contributed by atoms with Crippen LogP contribution < -0.4 is 0 Å². The molecule has 1 aliphatic heterocycles. The number of carbonyl (C=O) groups is 2. The second kappa shape index (κ2) is 7.60. The van der Waals surface area contributed by atoms with Gasteiger partial charge in [-0.1, -0.05) is 0 Å². The number of nitrogens with zero attached hydrogens (tertiary/aromatic N) is 1. The fraction of sp³-hybridized carbons (Fsp3) is 0.818. The van der Waals surface area contributed by atoms with Gasteiger partial charge in [-0.25, -0.2) is 4.79 Å². The van der Waals surface area contributed by atoms with Crippen LogP contribution in [0.25, 0.3) is 0 Å². The number of hydrogen-bond donors (Lipinski definition) is 1.